The third kappa shape index (κ3) is 3.09. The maximum absolute atomic E-state index is 13.3. The summed E-state index contributed by atoms with van der Waals surface area (Å²) in [5.74, 6) is -1.21. The van der Waals surface area contributed by atoms with Crippen LogP contribution in [0.1, 0.15) is 25.8 Å². The van der Waals surface area contributed by atoms with E-state index >= 15 is 0 Å². The van der Waals surface area contributed by atoms with Crippen LogP contribution in [0.3, 0.4) is 0 Å². The highest BCUT2D eigenvalue weighted by atomic mass is 35.5. The summed E-state index contributed by atoms with van der Waals surface area (Å²) in [4.78, 5) is 10.8. The van der Waals surface area contributed by atoms with Gasteiger partial charge in [-0.1, -0.05) is 25.4 Å². The van der Waals surface area contributed by atoms with Gasteiger partial charge < -0.3 is 9.84 Å². The molecule has 0 saturated carbocycles. The highest BCUT2D eigenvalue weighted by molar-refractivity contribution is 6.30. The van der Waals surface area contributed by atoms with Gasteiger partial charge in [0.05, 0.1) is 18.6 Å². The van der Waals surface area contributed by atoms with Crippen molar-refractivity contribution in [3.8, 4) is 5.75 Å². The third-order valence-corrected chi connectivity index (χ3v) is 2.85. The van der Waals surface area contributed by atoms with Gasteiger partial charge in [-0.3, -0.25) is 4.79 Å². The molecule has 94 valence electrons. The van der Waals surface area contributed by atoms with Gasteiger partial charge in [0.2, 0.25) is 0 Å². The molecule has 1 aromatic rings. The summed E-state index contributed by atoms with van der Waals surface area (Å²) in [5, 5.41) is 8.81. The third-order valence-electron chi connectivity index (χ3n) is 2.56. The van der Waals surface area contributed by atoms with Gasteiger partial charge in [0.1, 0.15) is 11.6 Å². The zero-order valence-electron chi connectivity index (χ0n) is 9.88. The number of carboxylic acid groups (broad SMARTS) is 1. The molecule has 0 fully saturated rings. The van der Waals surface area contributed by atoms with Gasteiger partial charge in [-0.05, 0) is 6.07 Å². The molecule has 0 radical (unpaired) electrons. The molecule has 0 aromatic heterocycles. The van der Waals surface area contributed by atoms with E-state index in [1.807, 2.05) is 0 Å². The second-order valence-electron chi connectivity index (χ2n) is 4.42. The van der Waals surface area contributed by atoms with Crippen LogP contribution < -0.4 is 4.74 Å². The van der Waals surface area contributed by atoms with Crippen molar-refractivity contribution >= 4 is 17.6 Å². The topological polar surface area (TPSA) is 46.5 Å². The Balaban J connectivity index is 3.28. The fraction of sp³-hybridized carbons (Fsp3) is 0.417. The smallest absolute Gasteiger partial charge is 0.304 e. The average Bonchev–Trinajstić information content (AvgIpc) is 2.19. The minimum atomic E-state index is -0.933. The lowest BCUT2D eigenvalue weighted by atomic mass is 9.81. The molecular weight excluding hydrogens is 247 g/mol. The monoisotopic (exact) mass is 260 g/mol. The zero-order valence-corrected chi connectivity index (χ0v) is 10.6. The first kappa shape index (κ1) is 13.8. The van der Waals surface area contributed by atoms with Gasteiger partial charge in [0.25, 0.3) is 0 Å². The summed E-state index contributed by atoms with van der Waals surface area (Å²) in [6.07, 6.45) is -0.0919. The Kier molecular flexibility index (Phi) is 3.98. The molecule has 0 heterocycles. The highest BCUT2D eigenvalue weighted by Gasteiger charge is 2.28. The van der Waals surface area contributed by atoms with E-state index in [1.54, 1.807) is 13.8 Å². The standard InChI is InChI=1S/C12H14ClFO3/c1-12(2,6-11(15)16)7-4-8(13)9(14)5-10(7)17-3/h4-5H,6H2,1-3H3,(H,15,16). The second-order valence-corrected chi connectivity index (χ2v) is 4.83. The lowest BCUT2D eigenvalue weighted by Gasteiger charge is -2.25. The van der Waals surface area contributed by atoms with Crippen molar-refractivity contribution in [1.29, 1.82) is 0 Å². The summed E-state index contributed by atoms with van der Waals surface area (Å²) in [6, 6.07) is 2.58. The van der Waals surface area contributed by atoms with E-state index in [0.717, 1.165) is 0 Å². The van der Waals surface area contributed by atoms with Crippen LogP contribution in [0.15, 0.2) is 12.1 Å². The molecule has 0 amide bonds. The molecule has 0 aliphatic heterocycles. The number of ether oxygens (including phenoxy) is 1. The maximum atomic E-state index is 13.3. The summed E-state index contributed by atoms with van der Waals surface area (Å²) in [7, 11) is 1.41. The molecule has 0 bridgehead atoms. The van der Waals surface area contributed by atoms with E-state index in [2.05, 4.69) is 0 Å². The van der Waals surface area contributed by atoms with Crippen molar-refractivity contribution < 1.29 is 19.0 Å². The molecule has 1 aromatic carbocycles. The number of carbonyl (C=O) groups is 1. The number of methoxy groups -OCH3 is 1. The Morgan fingerprint density at radius 1 is 1.53 bits per heavy atom. The van der Waals surface area contributed by atoms with Gasteiger partial charge in [-0.25, -0.2) is 4.39 Å². The van der Waals surface area contributed by atoms with Crippen LogP contribution in [0.4, 0.5) is 4.39 Å². The number of carboxylic acids is 1. The van der Waals surface area contributed by atoms with Crippen LogP contribution >= 0.6 is 11.6 Å². The van der Waals surface area contributed by atoms with Gasteiger partial charge in [-0.15, -0.1) is 0 Å². The van der Waals surface area contributed by atoms with Crippen molar-refractivity contribution in [1.82, 2.24) is 0 Å². The van der Waals surface area contributed by atoms with E-state index in [0.29, 0.717) is 11.3 Å². The Hall–Kier alpha value is -1.29. The SMILES string of the molecule is COc1cc(F)c(Cl)cc1C(C)(C)CC(=O)O. The lowest BCUT2D eigenvalue weighted by Crippen LogP contribution is -2.22. The molecular formula is C12H14ClFO3. The van der Waals surface area contributed by atoms with E-state index in [-0.39, 0.29) is 11.4 Å². The Morgan fingerprint density at radius 3 is 2.59 bits per heavy atom. The normalized spacial score (nSPS) is 11.4. The number of hydrogen-bond acceptors (Lipinski definition) is 2. The van der Waals surface area contributed by atoms with Crippen LogP contribution in [-0.4, -0.2) is 18.2 Å². The van der Waals surface area contributed by atoms with E-state index in [9.17, 15) is 9.18 Å². The predicted molar refractivity (Wildman–Crippen MR) is 63.2 cm³/mol. The van der Waals surface area contributed by atoms with Crippen LogP contribution in [0.2, 0.25) is 5.02 Å². The predicted octanol–water partition coefficient (Wildman–Crippen LogP) is 3.24. The minimum Gasteiger partial charge on any atom is -0.496 e. The average molecular weight is 261 g/mol. The molecule has 0 saturated heterocycles. The van der Waals surface area contributed by atoms with Crippen LogP contribution in [0.5, 0.6) is 5.75 Å². The molecule has 5 heteroatoms. The molecule has 0 aliphatic rings. The van der Waals surface area contributed by atoms with E-state index in [4.69, 9.17) is 21.4 Å². The molecule has 1 N–H and O–H groups in total. The molecule has 17 heavy (non-hydrogen) atoms. The maximum Gasteiger partial charge on any atom is 0.304 e. The van der Waals surface area contributed by atoms with Crippen molar-refractivity contribution in [2.75, 3.05) is 7.11 Å². The Labute approximate surface area is 104 Å². The number of halogens is 2. The quantitative estimate of drug-likeness (QED) is 0.904. The first-order chi connectivity index (χ1) is 7.77. The van der Waals surface area contributed by atoms with Crippen molar-refractivity contribution in [3.63, 3.8) is 0 Å². The van der Waals surface area contributed by atoms with Gasteiger partial charge >= 0.3 is 5.97 Å². The van der Waals surface area contributed by atoms with Gasteiger partial charge in [0, 0.05) is 17.0 Å². The van der Waals surface area contributed by atoms with Crippen molar-refractivity contribution in [2.45, 2.75) is 25.7 Å². The van der Waals surface area contributed by atoms with Crippen LogP contribution in [0.25, 0.3) is 0 Å². The minimum absolute atomic E-state index is 0.0423. The fourth-order valence-corrected chi connectivity index (χ4v) is 1.86. The molecule has 0 spiro atoms. The van der Waals surface area contributed by atoms with E-state index < -0.39 is 17.2 Å². The number of rotatable bonds is 4. The Morgan fingerprint density at radius 2 is 2.12 bits per heavy atom. The fourth-order valence-electron chi connectivity index (χ4n) is 1.70. The Bertz CT molecular complexity index is 444. The summed E-state index contributed by atoms with van der Waals surface area (Å²) in [6.45, 7) is 3.49. The van der Waals surface area contributed by atoms with E-state index in [1.165, 1.54) is 19.2 Å². The number of hydrogen-bond donors (Lipinski definition) is 1. The molecule has 0 aliphatic carbocycles. The summed E-state index contributed by atoms with van der Waals surface area (Å²) >= 11 is 5.71. The zero-order chi connectivity index (χ0) is 13.2. The summed E-state index contributed by atoms with van der Waals surface area (Å²) in [5.41, 5.74) is -0.108. The number of aliphatic carboxylic acids is 1. The van der Waals surface area contributed by atoms with Gasteiger partial charge in [-0.2, -0.15) is 0 Å². The first-order valence-electron chi connectivity index (χ1n) is 5.03. The second kappa shape index (κ2) is 4.92. The highest BCUT2D eigenvalue weighted by Crippen LogP contribution is 2.37. The van der Waals surface area contributed by atoms with Crippen molar-refractivity contribution in [2.24, 2.45) is 0 Å². The molecule has 0 atom stereocenters. The van der Waals surface area contributed by atoms with Crippen LogP contribution in [-0.2, 0) is 10.2 Å². The van der Waals surface area contributed by atoms with Crippen LogP contribution in [0, 0.1) is 5.82 Å². The van der Waals surface area contributed by atoms with Crippen molar-refractivity contribution in [3.05, 3.63) is 28.5 Å². The molecule has 3 nitrogen and oxygen atoms in total. The van der Waals surface area contributed by atoms with Gasteiger partial charge in [0.15, 0.2) is 0 Å². The lowest BCUT2D eigenvalue weighted by molar-refractivity contribution is -0.138. The first-order valence-corrected chi connectivity index (χ1v) is 5.41. The number of benzene rings is 1. The molecule has 1 rings (SSSR count). The largest absolute Gasteiger partial charge is 0.496 e. The molecule has 0 unspecified atom stereocenters. The summed E-state index contributed by atoms with van der Waals surface area (Å²) < 4.78 is 18.3.